The van der Waals surface area contributed by atoms with Crippen molar-refractivity contribution in [2.75, 3.05) is 0 Å². The number of hydrogen-bond acceptors (Lipinski definition) is 1. The predicted octanol–water partition coefficient (Wildman–Crippen LogP) is 2.28. The lowest BCUT2D eigenvalue weighted by Crippen LogP contribution is -2.00. The van der Waals surface area contributed by atoms with E-state index in [1.54, 1.807) is 0 Å². The molecule has 0 amide bonds. The van der Waals surface area contributed by atoms with Crippen LogP contribution in [0.1, 0.15) is 21.7 Å². The minimum absolute atomic E-state index is 0. The third-order valence-corrected chi connectivity index (χ3v) is 0.881. The zero-order chi connectivity index (χ0) is 6.41. The van der Waals surface area contributed by atoms with E-state index in [4.69, 9.17) is 0 Å². The molecule has 0 saturated carbocycles. The molecule has 0 radical (unpaired) electrons. The van der Waals surface area contributed by atoms with E-state index in [2.05, 4.69) is 18.8 Å². The maximum atomic E-state index is 3.75. The van der Waals surface area contributed by atoms with Crippen LogP contribution < -0.4 is 5.32 Å². The molecule has 8 heavy (non-hydrogen) atoms. The first-order valence-corrected chi connectivity index (χ1v) is 2.86. The number of rotatable bonds is 3. The van der Waals surface area contributed by atoms with Crippen molar-refractivity contribution in [2.45, 2.75) is 20.3 Å². The van der Waals surface area contributed by atoms with Crippen molar-refractivity contribution in [1.82, 2.24) is 5.32 Å². The summed E-state index contributed by atoms with van der Waals surface area (Å²) in [6.07, 6.45) is 4.82. The van der Waals surface area contributed by atoms with E-state index < -0.39 is 0 Å². The smallest absolute Gasteiger partial charge is 0.00705 e. The molecule has 0 aliphatic rings. The second kappa shape index (κ2) is 4.44. The van der Waals surface area contributed by atoms with Crippen molar-refractivity contribution < 1.29 is 1.43 Å². The fraction of sp³-hybridized carbons (Fsp3) is 0.429. The van der Waals surface area contributed by atoms with Crippen LogP contribution in [0.15, 0.2) is 24.6 Å². The molecule has 0 aliphatic carbocycles. The topological polar surface area (TPSA) is 12.0 Å². The molecule has 1 heteroatoms. The standard InChI is InChI=1S/C7H13N.H2/c1-4-6-8-7(3)5-2;/h4,6,8H,3,5H2,1-2H3;1H/b6-4-;. The second-order valence-corrected chi connectivity index (χ2v) is 1.60. The molecule has 1 N–H and O–H groups in total. The van der Waals surface area contributed by atoms with Crippen LogP contribution in [0.3, 0.4) is 0 Å². The summed E-state index contributed by atoms with van der Waals surface area (Å²) in [4.78, 5) is 0. The molecule has 1 nitrogen and oxygen atoms in total. The summed E-state index contributed by atoms with van der Waals surface area (Å²) in [6, 6.07) is 0. The van der Waals surface area contributed by atoms with Gasteiger partial charge >= 0.3 is 0 Å². The highest BCUT2D eigenvalue weighted by molar-refractivity contribution is 4.95. The van der Waals surface area contributed by atoms with Gasteiger partial charge in [0.15, 0.2) is 0 Å². The maximum absolute atomic E-state index is 3.75. The Labute approximate surface area is 52.6 Å². The van der Waals surface area contributed by atoms with Gasteiger partial charge in [-0.25, -0.2) is 0 Å². The highest BCUT2D eigenvalue weighted by atomic mass is 14.8. The van der Waals surface area contributed by atoms with Crippen molar-refractivity contribution in [3.63, 3.8) is 0 Å². The minimum Gasteiger partial charge on any atom is -0.366 e. The number of nitrogens with one attached hydrogen (secondary N) is 1. The normalized spacial score (nSPS) is 9.75. The van der Waals surface area contributed by atoms with Crippen molar-refractivity contribution >= 4 is 0 Å². The summed E-state index contributed by atoms with van der Waals surface area (Å²) in [5.74, 6) is 0. The van der Waals surface area contributed by atoms with Gasteiger partial charge in [-0.05, 0) is 19.5 Å². The number of allylic oxidation sites excluding steroid dienone is 2. The van der Waals surface area contributed by atoms with E-state index in [0.717, 1.165) is 12.1 Å². The van der Waals surface area contributed by atoms with Gasteiger partial charge in [0, 0.05) is 7.12 Å². The zero-order valence-electron chi connectivity index (χ0n) is 5.57. The van der Waals surface area contributed by atoms with Gasteiger partial charge in [-0.2, -0.15) is 0 Å². The van der Waals surface area contributed by atoms with Gasteiger partial charge in [-0.1, -0.05) is 19.6 Å². The largest absolute Gasteiger partial charge is 0.366 e. The molecule has 0 aromatic carbocycles. The van der Waals surface area contributed by atoms with E-state index in [9.17, 15) is 0 Å². The Balaban J connectivity index is 0. The molecular formula is C7H15N. The van der Waals surface area contributed by atoms with E-state index in [-0.39, 0.29) is 1.43 Å². The van der Waals surface area contributed by atoms with Crippen LogP contribution in [0.4, 0.5) is 0 Å². The van der Waals surface area contributed by atoms with Crippen molar-refractivity contribution in [3.8, 4) is 0 Å². The van der Waals surface area contributed by atoms with Gasteiger partial charge in [-0.3, -0.25) is 0 Å². The third-order valence-electron chi connectivity index (χ3n) is 0.881. The lowest BCUT2D eigenvalue weighted by atomic mass is 10.4. The van der Waals surface area contributed by atoms with Crippen LogP contribution in [0.25, 0.3) is 0 Å². The third kappa shape index (κ3) is 3.47. The molecule has 0 aliphatic heterocycles. The van der Waals surface area contributed by atoms with Gasteiger partial charge in [0.25, 0.3) is 0 Å². The van der Waals surface area contributed by atoms with Crippen molar-refractivity contribution in [3.05, 3.63) is 24.6 Å². The fourth-order valence-corrected chi connectivity index (χ4v) is 0.303. The minimum atomic E-state index is 0. The molecule has 0 rings (SSSR count). The van der Waals surface area contributed by atoms with Crippen LogP contribution in [0, 0.1) is 0 Å². The molecule has 0 unspecified atom stereocenters. The van der Waals surface area contributed by atoms with Gasteiger partial charge < -0.3 is 5.32 Å². The summed E-state index contributed by atoms with van der Waals surface area (Å²) in [5.41, 5.74) is 1.06. The van der Waals surface area contributed by atoms with Crippen LogP contribution in [-0.2, 0) is 0 Å². The molecule has 0 spiro atoms. The lowest BCUT2D eigenvalue weighted by Gasteiger charge is -1.97. The molecule has 0 aromatic rings. The highest BCUT2D eigenvalue weighted by Crippen LogP contribution is 1.88. The average molecular weight is 113 g/mol. The van der Waals surface area contributed by atoms with Gasteiger partial charge in [0.1, 0.15) is 0 Å². The van der Waals surface area contributed by atoms with Crippen LogP contribution >= 0.6 is 0 Å². The SMILES string of the molecule is C=C(CC)N/C=C\C.[HH]. The van der Waals surface area contributed by atoms with Crippen LogP contribution in [0.2, 0.25) is 0 Å². The molecule has 0 atom stereocenters. The molecule has 0 bridgehead atoms. The number of hydrogen-bond donors (Lipinski definition) is 1. The molecule has 0 heterocycles. The highest BCUT2D eigenvalue weighted by Gasteiger charge is 1.78. The Hall–Kier alpha value is -0.720. The predicted molar refractivity (Wildman–Crippen MR) is 39.5 cm³/mol. The summed E-state index contributed by atoms with van der Waals surface area (Å²) >= 11 is 0. The molecular weight excluding hydrogens is 98.1 g/mol. The first-order chi connectivity index (χ1) is 3.81. The monoisotopic (exact) mass is 113 g/mol. The molecule has 0 aromatic heterocycles. The summed E-state index contributed by atoms with van der Waals surface area (Å²) in [5, 5.41) is 3.01. The first-order valence-electron chi connectivity index (χ1n) is 2.86. The summed E-state index contributed by atoms with van der Waals surface area (Å²) < 4.78 is 0. The first kappa shape index (κ1) is 7.28. The van der Waals surface area contributed by atoms with Crippen molar-refractivity contribution in [2.24, 2.45) is 0 Å². The Morgan fingerprint density at radius 3 is 2.88 bits per heavy atom. The van der Waals surface area contributed by atoms with Gasteiger partial charge in [-0.15, -0.1) is 0 Å². The van der Waals surface area contributed by atoms with Crippen LogP contribution in [0.5, 0.6) is 0 Å². The van der Waals surface area contributed by atoms with E-state index in [1.807, 2.05) is 19.2 Å². The second-order valence-electron chi connectivity index (χ2n) is 1.60. The van der Waals surface area contributed by atoms with E-state index in [0.29, 0.717) is 0 Å². The quantitative estimate of drug-likeness (QED) is 0.592. The lowest BCUT2D eigenvalue weighted by molar-refractivity contribution is 0.951. The van der Waals surface area contributed by atoms with Gasteiger partial charge in [0.05, 0.1) is 0 Å². The molecule has 0 fully saturated rings. The Morgan fingerprint density at radius 2 is 2.50 bits per heavy atom. The zero-order valence-corrected chi connectivity index (χ0v) is 5.57. The fourth-order valence-electron chi connectivity index (χ4n) is 0.303. The molecule has 48 valence electrons. The Bertz CT molecular complexity index is 97.1. The maximum Gasteiger partial charge on any atom is 0.00705 e. The summed E-state index contributed by atoms with van der Waals surface area (Å²) in [7, 11) is 0. The van der Waals surface area contributed by atoms with Crippen molar-refractivity contribution in [1.29, 1.82) is 0 Å². The Kier molecular flexibility index (Phi) is 4.04. The Morgan fingerprint density at radius 1 is 1.88 bits per heavy atom. The summed E-state index contributed by atoms with van der Waals surface area (Å²) in [6.45, 7) is 7.78. The molecule has 0 saturated heterocycles. The van der Waals surface area contributed by atoms with Gasteiger partial charge in [0.2, 0.25) is 0 Å². The van der Waals surface area contributed by atoms with E-state index >= 15 is 0 Å². The van der Waals surface area contributed by atoms with E-state index in [1.165, 1.54) is 0 Å². The van der Waals surface area contributed by atoms with Crippen LogP contribution in [-0.4, -0.2) is 0 Å². The average Bonchev–Trinajstić information content (AvgIpc) is 1.83.